The van der Waals surface area contributed by atoms with Crippen LogP contribution in [-0.2, 0) is 13.5 Å². The van der Waals surface area contributed by atoms with Crippen LogP contribution >= 0.6 is 11.6 Å². The Kier molecular flexibility index (Phi) is 4.57. The zero-order valence-corrected chi connectivity index (χ0v) is 13.1. The molecular formula is C15H26ClN3. The zero-order chi connectivity index (χ0) is 14.0. The Labute approximate surface area is 121 Å². The van der Waals surface area contributed by atoms with Crippen LogP contribution in [0.1, 0.15) is 56.8 Å². The van der Waals surface area contributed by atoms with Crippen LogP contribution in [0.3, 0.4) is 0 Å². The average Bonchev–Trinajstić information content (AvgIpc) is 2.60. The van der Waals surface area contributed by atoms with E-state index in [0.717, 1.165) is 41.6 Å². The number of rotatable bonds is 4. The van der Waals surface area contributed by atoms with Gasteiger partial charge in [0.1, 0.15) is 0 Å². The predicted octanol–water partition coefficient (Wildman–Crippen LogP) is 3.61. The van der Waals surface area contributed by atoms with Crippen molar-refractivity contribution in [2.45, 2.75) is 64.3 Å². The van der Waals surface area contributed by atoms with E-state index in [1.807, 2.05) is 18.7 Å². The number of hydrogen-bond acceptors (Lipinski definition) is 2. The highest BCUT2D eigenvalue weighted by Gasteiger charge is 2.33. The highest BCUT2D eigenvalue weighted by molar-refractivity contribution is 6.31. The van der Waals surface area contributed by atoms with Gasteiger partial charge in [0.25, 0.3) is 0 Å². The monoisotopic (exact) mass is 283 g/mol. The van der Waals surface area contributed by atoms with Gasteiger partial charge in [0, 0.05) is 19.0 Å². The van der Waals surface area contributed by atoms with Gasteiger partial charge in [-0.15, -0.1) is 0 Å². The number of hydrogen-bond donors (Lipinski definition) is 1. The van der Waals surface area contributed by atoms with Gasteiger partial charge in [-0.3, -0.25) is 4.68 Å². The van der Waals surface area contributed by atoms with Crippen LogP contribution in [-0.4, -0.2) is 15.3 Å². The number of nitrogens with two attached hydrogens (primary N) is 1. The van der Waals surface area contributed by atoms with E-state index in [4.69, 9.17) is 17.3 Å². The van der Waals surface area contributed by atoms with Crippen molar-refractivity contribution in [2.24, 2.45) is 18.7 Å². The van der Waals surface area contributed by atoms with Crippen LogP contribution in [0.25, 0.3) is 0 Å². The van der Waals surface area contributed by atoms with Crippen molar-refractivity contribution in [1.29, 1.82) is 0 Å². The Morgan fingerprint density at radius 1 is 1.42 bits per heavy atom. The number of halogens is 1. The number of nitrogens with zero attached hydrogens (tertiary/aromatic N) is 2. The number of aryl methyl sites for hydroxylation is 2. The molecule has 0 spiro atoms. The Bertz CT molecular complexity index is 431. The van der Waals surface area contributed by atoms with E-state index in [0.29, 0.717) is 0 Å². The molecule has 0 aromatic carbocycles. The fraction of sp³-hybridized carbons (Fsp3) is 0.800. The normalized spacial score (nSPS) is 27.7. The van der Waals surface area contributed by atoms with Crippen molar-refractivity contribution in [2.75, 3.05) is 0 Å². The lowest BCUT2D eigenvalue weighted by molar-refractivity contribution is 0.221. The molecule has 19 heavy (non-hydrogen) atoms. The summed E-state index contributed by atoms with van der Waals surface area (Å²) in [5.41, 5.74) is 8.51. The molecule has 1 aliphatic rings. The molecule has 0 aliphatic heterocycles. The summed E-state index contributed by atoms with van der Waals surface area (Å²) in [5.74, 6) is 0.880. The van der Waals surface area contributed by atoms with E-state index in [1.165, 1.54) is 25.7 Å². The van der Waals surface area contributed by atoms with Gasteiger partial charge in [-0.1, -0.05) is 31.4 Å². The van der Waals surface area contributed by atoms with Gasteiger partial charge in [-0.25, -0.2) is 0 Å². The van der Waals surface area contributed by atoms with Crippen molar-refractivity contribution in [3.05, 3.63) is 16.4 Å². The van der Waals surface area contributed by atoms with Crippen molar-refractivity contribution in [1.82, 2.24) is 9.78 Å². The van der Waals surface area contributed by atoms with E-state index in [2.05, 4.69) is 12.0 Å². The van der Waals surface area contributed by atoms with Gasteiger partial charge < -0.3 is 5.73 Å². The Balaban J connectivity index is 2.03. The minimum absolute atomic E-state index is 0.0892. The van der Waals surface area contributed by atoms with E-state index >= 15 is 0 Å². The predicted molar refractivity (Wildman–Crippen MR) is 80.4 cm³/mol. The van der Waals surface area contributed by atoms with Crippen LogP contribution in [0.4, 0.5) is 0 Å². The second kappa shape index (κ2) is 5.84. The molecule has 1 aliphatic carbocycles. The van der Waals surface area contributed by atoms with Gasteiger partial charge in [0.05, 0.1) is 16.4 Å². The molecule has 0 radical (unpaired) electrons. The summed E-state index contributed by atoms with van der Waals surface area (Å²) in [6.45, 7) is 4.22. The molecule has 4 heteroatoms. The Morgan fingerprint density at radius 2 is 2.05 bits per heavy atom. The molecule has 0 bridgehead atoms. The van der Waals surface area contributed by atoms with E-state index < -0.39 is 0 Å². The first-order valence-electron chi connectivity index (χ1n) is 7.42. The standard InChI is InChI=1S/C15H26ClN3/c1-4-5-12-6-8-15(17,9-7-12)10-13-14(16)11(2)18-19(13)3/h12H,4-10,17H2,1-3H3. The molecule has 1 heterocycles. The van der Waals surface area contributed by atoms with E-state index in [-0.39, 0.29) is 5.54 Å². The first-order valence-corrected chi connectivity index (χ1v) is 7.80. The van der Waals surface area contributed by atoms with Gasteiger partial charge in [-0.05, 0) is 38.5 Å². The van der Waals surface area contributed by atoms with E-state index in [9.17, 15) is 0 Å². The molecule has 1 aromatic heterocycles. The van der Waals surface area contributed by atoms with Crippen LogP contribution in [0.5, 0.6) is 0 Å². The highest BCUT2D eigenvalue weighted by atomic mass is 35.5. The SMILES string of the molecule is CCCC1CCC(N)(Cc2c(Cl)c(C)nn2C)CC1. The van der Waals surface area contributed by atoms with Crippen LogP contribution in [0, 0.1) is 12.8 Å². The summed E-state index contributed by atoms with van der Waals surface area (Å²) in [4.78, 5) is 0. The lowest BCUT2D eigenvalue weighted by Crippen LogP contribution is -2.45. The maximum atomic E-state index is 6.60. The highest BCUT2D eigenvalue weighted by Crippen LogP contribution is 2.36. The van der Waals surface area contributed by atoms with Crippen LogP contribution in [0.2, 0.25) is 5.02 Å². The van der Waals surface area contributed by atoms with Gasteiger partial charge >= 0.3 is 0 Å². The minimum Gasteiger partial charge on any atom is -0.325 e. The third-order valence-electron chi connectivity index (χ3n) is 4.58. The second-order valence-corrected chi connectivity index (χ2v) is 6.62. The van der Waals surface area contributed by atoms with Crippen LogP contribution < -0.4 is 5.73 Å². The first-order chi connectivity index (χ1) is 8.95. The Morgan fingerprint density at radius 3 is 2.53 bits per heavy atom. The average molecular weight is 284 g/mol. The molecule has 108 valence electrons. The fourth-order valence-corrected chi connectivity index (χ4v) is 3.56. The minimum atomic E-state index is -0.0892. The molecule has 0 unspecified atom stereocenters. The van der Waals surface area contributed by atoms with Crippen LogP contribution in [0.15, 0.2) is 0 Å². The lowest BCUT2D eigenvalue weighted by Gasteiger charge is -2.37. The van der Waals surface area contributed by atoms with Crippen molar-refractivity contribution in [3.63, 3.8) is 0 Å². The Hall–Kier alpha value is -0.540. The maximum absolute atomic E-state index is 6.60. The van der Waals surface area contributed by atoms with Gasteiger partial charge in [-0.2, -0.15) is 5.10 Å². The largest absolute Gasteiger partial charge is 0.325 e. The first kappa shape index (κ1) is 14.9. The van der Waals surface area contributed by atoms with Gasteiger partial charge in [0.2, 0.25) is 0 Å². The van der Waals surface area contributed by atoms with E-state index in [1.54, 1.807) is 0 Å². The molecule has 0 saturated heterocycles. The maximum Gasteiger partial charge on any atom is 0.0847 e. The summed E-state index contributed by atoms with van der Waals surface area (Å²) >= 11 is 6.33. The fourth-order valence-electron chi connectivity index (χ4n) is 3.33. The second-order valence-electron chi connectivity index (χ2n) is 6.24. The van der Waals surface area contributed by atoms with Crippen molar-refractivity contribution < 1.29 is 0 Å². The summed E-state index contributed by atoms with van der Waals surface area (Å²) < 4.78 is 1.89. The zero-order valence-electron chi connectivity index (χ0n) is 12.4. The summed E-state index contributed by atoms with van der Waals surface area (Å²) in [6.07, 6.45) is 8.23. The molecule has 3 nitrogen and oxygen atoms in total. The van der Waals surface area contributed by atoms with Gasteiger partial charge in [0.15, 0.2) is 0 Å². The number of aromatic nitrogens is 2. The third kappa shape index (κ3) is 3.32. The smallest absolute Gasteiger partial charge is 0.0847 e. The van der Waals surface area contributed by atoms with Crippen molar-refractivity contribution >= 4 is 11.6 Å². The molecule has 2 rings (SSSR count). The van der Waals surface area contributed by atoms with Crippen molar-refractivity contribution in [3.8, 4) is 0 Å². The molecule has 1 fully saturated rings. The molecule has 2 N–H and O–H groups in total. The topological polar surface area (TPSA) is 43.8 Å². The molecule has 1 saturated carbocycles. The summed E-state index contributed by atoms with van der Waals surface area (Å²) in [6, 6.07) is 0. The molecule has 0 amide bonds. The quantitative estimate of drug-likeness (QED) is 0.917. The molecule has 0 atom stereocenters. The molecular weight excluding hydrogens is 258 g/mol. The summed E-state index contributed by atoms with van der Waals surface area (Å²) in [5, 5.41) is 5.18. The lowest BCUT2D eigenvalue weighted by atomic mass is 9.73. The third-order valence-corrected chi connectivity index (χ3v) is 5.07. The summed E-state index contributed by atoms with van der Waals surface area (Å²) in [7, 11) is 1.96. The molecule has 1 aromatic rings.